The highest BCUT2D eigenvalue weighted by Crippen LogP contribution is 2.26. The first-order chi connectivity index (χ1) is 22.6. The Morgan fingerprint density at radius 1 is 0.958 bits per heavy atom. The van der Waals surface area contributed by atoms with E-state index in [1.807, 2.05) is 48.5 Å². The Labute approximate surface area is 280 Å². The molecule has 258 valence electrons. The summed E-state index contributed by atoms with van der Waals surface area (Å²) in [5, 5.41) is 16.7. The Morgan fingerprint density at radius 2 is 1.60 bits per heavy atom. The van der Waals surface area contributed by atoms with Crippen molar-refractivity contribution in [2.24, 2.45) is 4.99 Å². The van der Waals surface area contributed by atoms with Gasteiger partial charge in [0, 0.05) is 13.1 Å². The van der Waals surface area contributed by atoms with Crippen molar-refractivity contribution in [3.63, 3.8) is 0 Å². The van der Waals surface area contributed by atoms with Crippen LogP contribution in [0, 0.1) is 0 Å². The van der Waals surface area contributed by atoms with Gasteiger partial charge < -0.3 is 34.0 Å². The van der Waals surface area contributed by atoms with Crippen molar-refractivity contribution in [2.45, 2.75) is 90.8 Å². The Morgan fingerprint density at radius 3 is 2.25 bits per heavy atom. The molecule has 0 spiro atoms. The van der Waals surface area contributed by atoms with Crippen LogP contribution >= 0.6 is 0 Å². The highest BCUT2D eigenvalue weighted by atomic mass is 16.6. The van der Waals surface area contributed by atoms with E-state index >= 15 is 0 Å². The molecule has 3 amide bonds. The van der Waals surface area contributed by atoms with Gasteiger partial charge in [-0.05, 0) is 78.5 Å². The van der Waals surface area contributed by atoms with Gasteiger partial charge in [0.15, 0.2) is 11.7 Å². The van der Waals surface area contributed by atoms with E-state index in [0.717, 1.165) is 11.1 Å². The second kappa shape index (κ2) is 15.8. The first-order valence-electron chi connectivity index (χ1n) is 15.9. The summed E-state index contributed by atoms with van der Waals surface area (Å²) in [6.45, 7) is 11.3. The maximum absolute atomic E-state index is 12.8. The molecule has 0 aliphatic carbocycles. The predicted molar refractivity (Wildman–Crippen MR) is 179 cm³/mol. The Hall–Kier alpha value is -4.91. The van der Waals surface area contributed by atoms with E-state index in [1.54, 1.807) is 58.6 Å². The van der Waals surface area contributed by atoms with Crippen LogP contribution in [0.1, 0.15) is 78.4 Å². The van der Waals surface area contributed by atoms with Gasteiger partial charge in [-0.1, -0.05) is 54.1 Å². The van der Waals surface area contributed by atoms with Gasteiger partial charge in [-0.15, -0.1) is 4.99 Å². The molecule has 0 saturated carbocycles. The number of nitrogens with zero attached hydrogens (tertiary/aromatic N) is 3. The summed E-state index contributed by atoms with van der Waals surface area (Å²) >= 11 is 0. The van der Waals surface area contributed by atoms with Gasteiger partial charge in [0.1, 0.15) is 23.3 Å². The van der Waals surface area contributed by atoms with Crippen LogP contribution in [-0.2, 0) is 20.8 Å². The van der Waals surface area contributed by atoms with Crippen LogP contribution in [0.3, 0.4) is 0 Å². The molecule has 1 aliphatic heterocycles. The molecule has 13 heteroatoms. The Bertz CT molecular complexity index is 1580. The molecule has 1 fully saturated rings. The van der Waals surface area contributed by atoms with Crippen LogP contribution in [-0.4, -0.2) is 69.6 Å². The fourth-order valence-corrected chi connectivity index (χ4v) is 4.82. The number of guanidine groups is 1. The quantitative estimate of drug-likeness (QED) is 0.112. The summed E-state index contributed by atoms with van der Waals surface area (Å²) in [4.78, 5) is 48.2. The number of likely N-dealkylation sites (tertiary alicyclic amines) is 1. The molecule has 13 nitrogen and oxygen atoms in total. The van der Waals surface area contributed by atoms with E-state index < -0.39 is 41.6 Å². The van der Waals surface area contributed by atoms with Gasteiger partial charge in [0.2, 0.25) is 11.9 Å². The van der Waals surface area contributed by atoms with Crippen LogP contribution in [0.15, 0.2) is 75.7 Å². The van der Waals surface area contributed by atoms with E-state index in [4.69, 9.17) is 18.6 Å². The van der Waals surface area contributed by atoms with Crippen molar-refractivity contribution in [3.05, 3.63) is 77.7 Å². The van der Waals surface area contributed by atoms with E-state index in [-0.39, 0.29) is 24.9 Å². The van der Waals surface area contributed by atoms with Crippen molar-refractivity contribution < 1.29 is 38.1 Å². The van der Waals surface area contributed by atoms with Crippen LogP contribution < -0.4 is 10.6 Å². The van der Waals surface area contributed by atoms with Crippen molar-refractivity contribution in [1.82, 2.24) is 20.5 Å². The topological polar surface area (TPSA) is 165 Å². The van der Waals surface area contributed by atoms with Gasteiger partial charge in [0.25, 0.3) is 0 Å². The maximum atomic E-state index is 12.8. The monoisotopic (exact) mass is 663 g/mol. The summed E-state index contributed by atoms with van der Waals surface area (Å²) in [7, 11) is 0. The number of carbonyl (C=O) groups is 3. The van der Waals surface area contributed by atoms with E-state index in [1.165, 1.54) is 0 Å². The first kappa shape index (κ1) is 35.9. The third-order valence-electron chi connectivity index (χ3n) is 7.03. The number of hydrogen-bond donors (Lipinski definition) is 3. The lowest BCUT2D eigenvalue weighted by molar-refractivity contribution is 0.0554. The number of piperidine rings is 1. The Balaban J connectivity index is 1.45. The SMILES string of the molecule is CC(C)(C)OC(=O)N=C(NC(=O)OC(C)(C)C)N1CCC(=CC[C@H](NC(=O)OCc2ccccc2)C(O)c2nc3ccccc3o2)CC1. The number of para-hydroxylation sites is 2. The molecule has 2 heterocycles. The molecular weight excluding hydrogens is 618 g/mol. The fraction of sp³-hybridized carbons (Fsp3) is 0.457. The number of aliphatic hydroxyl groups excluding tert-OH is 1. The van der Waals surface area contributed by atoms with Gasteiger partial charge >= 0.3 is 18.3 Å². The molecule has 48 heavy (non-hydrogen) atoms. The summed E-state index contributed by atoms with van der Waals surface area (Å²) < 4.78 is 21.9. The average Bonchev–Trinajstić information content (AvgIpc) is 3.45. The zero-order chi connectivity index (χ0) is 34.9. The summed E-state index contributed by atoms with van der Waals surface area (Å²) in [5.74, 6) is 0.110. The number of benzene rings is 2. The minimum Gasteiger partial charge on any atom is -0.445 e. The smallest absolute Gasteiger partial charge is 0.437 e. The number of amides is 3. The Kier molecular flexibility index (Phi) is 11.8. The van der Waals surface area contributed by atoms with Gasteiger partial charge in [0.05, 0.1) is 6.04 Å². The van der Waals surface area contributed by atoms with Crippen molar-refractivity contribution in [2.75, 3.05) is 13.1 Å². The van der Waals surface area contributed by atoms with E-state index in [2.05, 4.69) is 20.6 Å². The van der Waals surface area contributed by atoms with Crippen molar-refractivity contribution >= 4 is 35.3 Å². The number of carbonyl (C=O) groups excluding carboxylic acids is 3. The molecule has 1 aliphatic rings. The second-order valence-corrected chi connectivity index (χ2v) is 13.4. The van der Waals surface area contributed by atoms with Gasteiger partial charge in [-0.3, -0.25) is 5.32 Å². The molecular formula is C35H45N5O8. The minimum atomic E-state index is -1.26. The van der Waals surface area contributed by atoms with Crippen molar-refractivity contribution in [3.8, 4) is 0 Å². The molecule has 0 radical (unpaired) electrons. The van der Waals surface area contributed by atoms with Crippen LogP contribution in [0.2, 0.25) is 0 Å². The first-order valence-corrected chi connectivity index (χ1v) is 15.9. The molecule has 1 aromatic heterocycles. The highest BCUT2D eigenvalue weighted by Gasteiger charge is 2.29. The van der Waals surface area contributed by atoms with E-state index in [9.17, 15) is 19.5 Å². The standard InChI is InChI=1S/C35H45N5O8/c1-34(2,3)47-32(43)38-30(39-33(44)48-35(4,5)6)40-20-18-23(19-21-40)16-17-26(37-31(42)45-22-24-12-8-7-9-13-24)28(41)29-36-25-14-10-11-15-27(25)46-29/h7-16,26,28,41H,17-22H2,1-6H3,(H,37,42)(H,38,39,43,44)/t26-,28?/m0/s1. The average molecular weight is 664 g/mol. The lowest BCUT2D eigenvalue weighted by atomic mass is 9.99. The molecule has 2 atom stereocenters. The number of oxazole rings is 1. The number of nitrogens with one attached hydrogen (secondary N) is 2. The number of ether oxygens (including phenoxy) is 3. The largest absolute Gasteiger partial charge is 0.445 e. The van der Waals surface area contributed by atoms with Gasteiger partial charge in [-0.25, -0.2) is 19.4 Å². The lowest BCUT2D eigenvalue weighted by Crippen LogP contribution is -2.48. The maximum Gasteiger partial charge on any atom is 0.437 e. The number of fused-ring (bicyclic) bond motifs is 1. The third kappa shape index (κ3) is 11.4. The second-order valence-electron chi connectivity index (χ2n) is 13.4. The molecule has 3 N–H and O–H groups in total. The summed E-state index contributed by atoms with van der Waals surface area (Å²) in [6.07, 6.45) is -0.195. The number of alkyl carbamates (subject to hydrolysis) is 2. The van der Waals surface area contributed by atoms with Crippen LogP contribution in [0.5, 0.6) is 0 Å². The zero-order valence-corrected chi connectivity index (χ0v) is 28.3. The lowest BCUT2D eigenvalue weighted by Gasteiger charge is -2.32. The fourth-order valence-electron chi connectivity index (χ4n) is 4.82. The number of rotatable bonds is 7. The van der Waals surface area contributed by atoms with Crippen LogP contribution in [0.25, 0.3) is 11.1 Å². The summed E-state index contributed by atoms with van der Waals surface area (Å²) in [6, 6.07) is 15.6. The molecule has 1 unspecified atom stereocenters. The normalized spacial score (nSPS) is 15.4. The molecule has 3 aromatic rings. The number of aromatic nitrogens is 1. The molecule has 0 bridgehead atoms. The summed E-state index contributed by atoms with van der Waals surface area (Å²) in [5.41, 5.74) is 1.47. The minimum absolute atomic E-state index is 0.0321. The number of aliphatic hydroxyl groups is 1. The van der Waals surface area contributed by atoms with Gasteiger partial charge in [-0.2, -0.15) is 0 Å². The molecule has 2 aromatic carbocycles. The number of aliphatic imine (C=N–C) groups is 1. The van der Waals surface area contributed by atoms with E-state index in [0.29, 0.717) is 37.0 Å². The highest BCUT2D eigenvalue weighted by molar-refractivity contribution is 5.99. The third-order valence-corrected chi connectivity index (χ3v) is 7.03. The molecule has 4 rings (SSSR count). The number of hydrogen-bond acceptors (Lipinski definition) is 9. The van der Waals surface area contributed by atoms with Crippen molar-refractivity contribution in [1.29, 1.82) is 0 Å². The zero-order valence-electron chi connectivity index (χ0n) is 28.3. The van der Waals surface area contributed by atoms with Crippen LogP contribution in [0.4, 0.5) is 14.4 Å². The molecule has 1 saturated heterocycles. The predicted octanol–water partition coefficient (Wildman–Crippen LogP) is 6.38.